The summed E-state index contributed by atoms with van der Waals surface area (Å²) in [5.74, 6) is -43.5. The molecule has 0 heterocycles. The van der Waals surface area contributed by atoms with Gasteiger partial charge in [0.15, 0.2) is 52.4 Å². The SMILES string of the molecule is Cc1ccccc1[P+](/C=C1\CCCC\C1=C/[B-](c1c(F)c(F)c(F)c(F)c1F)(c1c(F)c(F)c(F)c(F)c1F)c1c(F)c(F)c(F)c(F)c1F)(c1ccccc1C)c1ccccc1C. The van der Waals surface area contributed by atoms with Gasteiger partial charge in [-0.1, -0.05) is 60.2 Å². The lowest BCUT2D eigenvalue weighted by molar-refractivity contribution is 0.380. The molecule has 1 fully saturated rings. The Bertz CT molecular complexity index is 2590. The topological polar surface area (TPSA) is 0 Å². The Morgan fingerprint density at radius 3 is 0.891 bits per heavy atom. The largest absolute Gasteiger partial charge is 0.227 e. The highest BCUT2D eigenvalue weighted by molar-refractivity contribution is 7.98. The minimum atomic E-state index is -5.91. The normalized spacial score (nSPS) is 14.8. The Balaban J connectivity index is 1.80. The van der Waals surface area contributed by atoms with Gasteiger partial charge < -0.3 is 0 Å². The first kappa shape index (κ1) is 46.2. The van der Waals surface area contributed by atoms with Crippen LogP contribution in [0, 0.1) is 108 Å². The monoisotopic (exact) mass is 922 g/mol. The van der Waals surface area contributed by atoms with Gasteiger partial charge in [0.25, 0.3) is 0 Å². The van der Waals surface area contributed by atoms with Gasteiger partial charge in [-0.3, -0.25) is 0 Å². The zero-order chi connectivity index (χ0) is 46.7. The van der Waals surface area contributed by atoms with E-state index in [9.17, 15) is 13.2 Å². The molecule has 7 rings (SSSR count). The summed E-state index contributed by atoms with van der Waals surface area (Å²) < 4.78 is 236. The summed E-state index contributed by atoms with van der Waals surface area (Å²) in [6.45, 7) is 5.38. The van der Waals surface area contributed by atoms with E-state index >= 15 is 52.7 Å². The van der Waals surface area contributed by atoms with Crippen LogP contribution in [0.1, 0.15) is 42.4 Å². The molecule has 0 nitrogen and oxygen atoms in total. The highest BCUT2D eigenvalue weighted by atomic mass is 31.2. The fourth-order valence-electron chi connectivity index (χ4n) is 9.05. The van der Waals surface area contributed by atoms with Crippen LogP contribution in [0.5, 0.6) is 0 Å². The summed E-state index contributed by atoms with van der Waals surface area (Å²) in [4.78, 5) is 0. The second kappa shape index (κ2) is 17.3. The van der Waals surface area contributed by atoms with Crippen molar-refractivity contribution in [2.75, 3.05) is 0 Å². The van der Waals surface area contributed by atoms with E-state index in [1.165, 1.54) is 0 Å². The van der Waals surface area contributed by atoms with E-state index in [1.807, 2.05) is 0 Å². The molecule has 0 saturated heterocycles. The molecule has 0 unspecified atom stereocenters. The van der Waals surface area contributed by atoms with Crippen molar-refractivity contribution in [3.8, 4) is 0 Å². The zero-order valence-corrected chi connectivity index (χ0v) is 34.5. The van der Waals surface area contributed by atoms with Crippen LogP contribution in [-0.2, 0) is 0 Å². The lowest BCUT2D eigenvalue weighted by Gasteiger charge is -2.43. The molecule has 0 radical (unpaired) electrons. The van der Waals surface area contributed by atoms with Crippen LogP contribution < -0.4 is 32.3 Å². The summed E-state index contributed by atoms with van der Waals surface area (Å²) in [6, 6.07) is 21.2. The maximum absolute atomic E-state index is 16.5. The Kier molecular flexibility index (Phi) is 12.5. The smallest absolute Gasteiger partial charge is 0.200 e. The van der Waals surface area contributed by atoms with E-state index in [0.29, 0.717) is 32.6 Å². The molecule has 0 aromatic heterocycles. The van der Waals surface area contributed by atoms with E-state index in [4.69, 9.17) is 0 Å². The van der Waals surface area contributed by atoms with Crippen LogP contribution in [0.2, 0.25) is 0 Å². The van der Waals surface area contributed by atoms with Crippen molar-refractivity contribution in [3.05, 3.63) is 200 Å². The third-order valence-corrected chi connectivity index (χ3v) is 16.4. The number of benzene rings is 6. The molecule has 1 saturated carbocycles. The van der Waals surface area contributed by atoms with E-state index < -0.39 is 129 Å². The van der Waals surface area contributed by atoms with Crippen LogP contribution in [-0.4, -0.2) is 6.15 Å². The average molecular weight is 923 g/mol. The standard InChI is InChI=1S/C47H31BF15P/c1-22-12-4-9-17-27(22)64(28-18-10-5-13-23(28)2,29-19-11-6-14-24(29)3)21-26-16-8-7-15-25(26)20-48(30-33(49)39(55)45(61)40(56)34(30)50,31-35(51)41(57)46(62)42(58)36(31)52)32-37(53)43(59)47(63)44(60)38(32)54/h4-6,9-14,17-21H,7-8,15-16H2,1-3H3/b25-20+,26-21+. The van der Waals surface area contributed by atoms with Gasteiger partial charge in [-0.2, -0.15) is 0 Å². The van der Waals surface area contributed by atoms with Crippen molar-refractivity contribution in [1.82, 2.24) is 0 Å². The number of hydrogen-bond acceptors (Lipinski definition) is 0. The summed E-state index contributed by atoms with van der Waals surface area (Å²) in [5.41, 5.74) is -6.27. The molecule has 1 aliphatic carbocycles. The van der Waals surface area contributed by atoms with Gasteiger partial charge in [0.05, 0.1) is 5.82 Å². The minimum absolute atomic E-state index is 0.00514. The van der Waals surface area contributed by atoms with Crippen LogP contribution in [0.25, 0.3) is 0 Å². The van der Waals surface area contributed by atoms with Crippen LogP contribution in [0.4, 0.5) is 65.9 Å². The maximum atomic E-state index is 16.5. The van der Waals surface area contributed by atoms with Gasteiger partial charge >= 0.3 is 0 Å². The first-order valence-corrected chi connectivity index (χ1v) is 21.3. The Labute approximate surface area is 357 Å². The molecule has 6 aromatic rings. The lowest BCUT2D eigenvalue weighted by Crippen LogP contribution is -2.72. The number of aryl methyl sites for hydroxylation is 3. The molecular weight excluding hydrogens is 891 g/mol. The van der Waals surface area contributed by atoms with Gasteiger partial charge in [0, 0.05) is 0 Å². The lowest BCUT2D eigenvalue weighted by atomic mass is 9.14. The van der Waals surface area contributed by atoms with Gasteiger partial charge in [-0.25, -0.2) is 71.8 Å². The van der Waals surface area contributed by atoms with Gasteiger partial charge in [0.2, 0.25) is 0 Å². The van der Waals surface area contributed by atoms with E-state index in [0.717, 1.165) is 0 Å². The highest BCUT2D eigenvalue weighted by Crippen LogP contribution is 2.60. The van der Waals surface area contributed by atoms with Crippen LogP contribution >= 0.6 is 7.26 Å². The molecule has 0 bridgehead atoms. The van der Waals surface area contributed by atoms with Crippen molar-refractivity contribution >= 4 is 45.7 Å². The van der Waals surface area contributed by atoms with E-state index in [-0.39, 0.29) is 30.8 Å². The van der Waals surface area contributed by atoms with Crippen molar-refractivity contribution < 1.29 is 65.9 Å². The van der Waals surface area contributed by atoms with Gasteiger partial charge in [0.1, 0.15) is 64.2 Å². The van der Waals surface area contributed by atoms with Crippen LogP contribution in [0.15, 0.2) is 95.7 Å². The Morgan fingerprint density at radius 2 is 0.609 bits per heavy atom. The molecule has 0 amide bonds. The zero-order valence-electron chi connectivity index (χ0n) is 33.6. The molecule has 0 spiro atoms. The molecular formula is C47H31BF15P. The average Bonchev–Trinajstić information content (AvgIpc) is 3.28. The highest BCUT2D eigenvalue weighted by Gasteiger charge is 2.50. The molecule has 332 valence electrons. The summed E-state index contributed by atoms with van der Waals surface area (Å²) in [6.07, 6.45) is -6.23. The van der Waals surface area contributed by atoms with E-state index in [2.05, 4.69) is 0 Å². The molecule has 17 heteroatoms. The molecule has 1 aliphatic rings. The Morgan fingerprint density at radius 1 is 0.359 bits per heavy atom. The molecule has 6 aromatic carbocycles. The van der Waals surface area contributed by atoms with Crippen molar-refractivity contribution in [2.45, 2.75) is 46.5 Å². The second-order valence-electron chi connectivity index (χ2n) is 15.5. The number of hydrogen-bond donors (Lipinski definition) is 0. The molecule has 0 N–H and O–H groups in total. The maximum Gasteiger partial charge on any atom is 0.200 e. The van der Waals surface area contributed by atoms with Gasteiger partial charge in [-0.15, -0.1) is 16.4 Å². The fraction of sp³-hybridized carbons (Fsp3) is 0.149. The Hall–Kier alpha value is -5.76. The first-order valence-electron chi connectivity index (χ1n) is 19.5. The third-order valence-electron chi connectivity index (χ3n) is 11.9. The predicted octanol–water partition coefficient (Wildman–Crippen LogP) is 11.1. The van der Waals surface area contributed by atoms with Crippen molar-refractivity contribution in [1.29, 1.82) is 0 Å². The van der Waals surface area contributed by atoms with Crippen LogP contribution in [0.3, 0.4) is 0 Å². The van der Waals surface area contributed by atoms with E-state index in [1.54, 1.807) is 99.4 Å². The summed E-state index contributed by atoms with van der Waals surface area (Å²) in [5, 5.41) is 2.06. The number of halogens is 15. The molecule has 0 aliphatic heterocycles. The number of rotatable bonds is 8. The van der Waals surface area contributed by atoms with Crippen molar-refractivity contribution in [3.63, 3.8) is 0 Å². The summed E-state index contributed by atoms with van der Waals surface area (Å²) >= 11 is 0. The summed E-state index contributed by atoms with van der Waals surface area (Å²) in [7, 11) is -3.33. The predicted molar refractivity (Wildman–Crippen MR) is 217 cm³/mol. The minimum Gasteiger partial charge on any atom is -0.227 e. The second-order valence-corrected chi connectivity index (χ2v) is 18.7. The first-order chi connectivity index (χ1) is 30.2. The van der Waals surface area contributed by atoms with Crippen molar-refractivity contribution in [2.24, 2.45) is 0 Å². The van der Waals surface area contributed by atoms with Gasteiger partial charge in [-0.05, 0) is 86.9 Å². The number of allylic oxidation sites excluding steroid dienone is 2. The quantitative estimate of drug-likeness (QED) is 0.0469. The fourth-order valence-corrected chi connectivity index (χ4v) is 13.9. The molecule has 0 atom stereocenters. The third kappa shape index (κ3) is 7.03. The molecule has 64 heavy (non-hydrogen) atoms.